The lowest BCUT2D eigenvalue weighted by atomic mass is 10.1. The molecule has 0 spiro atoms. The zero-order valence-electron chi connectivity index (χ0n) is 14.3. The van der Waals surface area contributed by atoms with Crippen molar-refractivity contribution < 1.29 is 14.4 Å². The van der Waals surface area contributed by atoms with Gasteiger partial charge in [0.25, 0.3) is 0 Å². The van der Waals surface area contributed by atoms with Gasteiger partial charge in [0.2, 0.25) is 0 Å². The van der Waals surface area contributed by atoms with Crippen LogP contribution in [0.2, 0.25) is 0 Å². The first-order valence-electron chi connectivity index (χ1n) is 8.29. The van der Waals surface area contributed by atoms with E-state index in [0.29, 0.717) is 22.7 Å². The summed E-state index contributed by atoms with van der Waals surface area (Å²) in [5.74, 6) is 1.40. The highest BCUT2D eigenvalue weighted by atomic mass is 32.1. The number of hydrogen-bond donors (Lipinski definition) is 3. The molecule has 3 N–H and O–H groups in total. The predicted octanol–water partition coefficient (Wildman–Crippen LogP) is 1.45. The molecule has 0 bridgehead atoms. The van der Waals surface area contributed by atoms with Crippen molar-refractivity contribution in [3.05, 3.63) is 18.2 Å². The van der Waals surface area contributed by atoms with Gasteiger partial charge in [-0.1, -0.05) is 6.92 Å². The lowest BCUT2D eigenvalue weighted by Gasteiger charge is -2.30. The summed E-state index contributed by atoms with van der Waals surface area (Å²) in [4.78, 5) is 1.71. The Kier molecular flexibility index (Phi) is 6.92. The van der Waals surface area contributed by atoms with Crippen LogP contribution >= 0.6 is 12.2 Å². The van der Waals surface area contributed by atoms with Crippen LogP contribution < -0.4 is 25.0 Å². The third-order valence-electron chi connectivity index (χ3n) is 4.27. The Morgan fingerprint density at radius 1 is 1.22 bits per heavy atom. The zero-order chi connectivity index (χ0) is 16.7. The van der Waals surface area contributed by atoms with E-state index in [9.17, 15) is 0 Å². The molecule has 1 aromatic rings. The minimum Gasteiger partial charge on any atom is -0.493 e. The van der Waals surface area contributed by atoms with Gasteiger partial charge in [-0.2, -0.15) is 0 Å². The Bertz CT molecular complexity index is 517. The highest BCUT2D eigenvalue weighted by molar-refractivity contribution is 7.80. The number of likely N-dealkylation sites (tertiary alicyclic amines) is 1. The maximum absolute atomic E-state index is 5.44. The fourth-order valence-corrected chi connectivity index (χ4v) is 3.33. The summed E-state index contributed by atoms with van der Waals surface area (Å²) < 4.78 is 10.6. The van der Waals surface area contributed by atoms with Crippen LogP contribution in [-0.4, -0.2) is 45.0 Å². The van der Waals surface area contributed by atoms with Crippen LogP contribution in [-0.2, 0) is 0 Å². The molecule has 1 saturated heterocycles. The average molecular weight is 338 g/mol. The normalized spacial score (nSPS) is 20.7. The molecule has 128 valence electrons. The van der Waals surface area contributed by atoms with Crippen LogP contribution in [0.5, 0.6) is 11.5 Å². The number of benzene rings is 1. The number of anilines is 1. The van der Waals surface area contributed by atoms with E-state index in [1.165, 1.54) is 38.9 Å². The average Bonchev–Trinajstić information content (AvgIpc) is 2.56. The van der Waals surface area contributed by atoms with E-state index in [1.54, 1.807) is 19.1 Å². The van der Waals surface area contributed by atoms with E-state index in [-0.39, 0.29) is 0 Å². The van der Waals surface area contributed by atoms with Crippen molar-refractivity contribution >= 4 is 23.0 Å². The minimum absolute atomic E-state index is 0.468. The van der Waals surface area contributed by atoms with E-state index in [4.69, 9.17) is 21.7 Å². The maximum atomic E-state index is 5.44. The molecule has 0 atom stereocenters. The van der Waals surface area contributed by atoms with Crippen molar-refractivity contribution in [1.82, 2.24) is 5.32 Å². The quantitative estimate of drug-likeness (QED) is 0.686. The van der Waals surface area contributed by atoms with Crippen molar-refractivity contribution in [2.45, 2.75) is 32.2 Å². The van der Waals surface area contributed by atoms with Gasteiger partial charge >= 0.3 is 0 Å². The number of rotatable bonds is 6. The van der Waals surface area contributed by atoms with Crippen LogP contribution in [0, 0.1) is 0 Å². The van der Waals surface area contributed by atoms with Crippen molar-refractivity contribution in [2.24, 2.45) is 0 Å². The molecular weight excluding hydrogens is 310 g/mol. The fraction of sp³-hybridized carbons (Fsp3) is 0.588. The van der Waals surface area contributed by atoms with Crippen LogP contribution in [0.1, 0.15) is 26.2 Å². The fourth-order valence-electron chi connectivity index (χ4n) is 3.04. The first-order valence-corrected chi connectivity index (χ1v) is 8.70. The minimum atomic E-state index is 0.468. The number of methoxy groups -OCH3 is 2. The largest absolute Gasteiger partial charge is 0.493 e. The Labute approximate surface area is 144 Å². The second-order valence-corrected chi connectivity index (χ2v) is 6.35. The summed E-state index contributed by atoms with van der Waals surface area (Å²) >= 11 is 5.44. The molecule has 1 aliphatic heterocycles. The summed E-state index contributed by atoms with van der Waals surface area (Å²) in [6.07, 6.45) is 3.60. The van der Waals surface area contributed by atoms with E-state index < -0.39 is 0 Å². The van der Waals surface area contributed by atoms with Crippen molar-refractivity contribution in [3.63, 3.8) is 0 Å². The van der Waals surface area contributed by atoms with Gasteiger partial charge in [-0.05, 0) is 30.8 Å². The van der Waals surface area contributed by atoms with Gasteiger partial charge in [0, 0.05) is 30.6 Å². The third-order valence-corrected chi connectivity index (χ3v) is 4.49. The van der Waals surface area contributed by atoms with Gasteiger partial charge in [0.15, 0.2) is 16.6 Å². The standard InChI is InChI=1S/C17H27N3O2S/c1-4-9-20-10-7-13(8-11-20)18-17(23)19-14-5-6-15(21-2)16(12-14)22-3/h5-6,12-13H,4,7-11H2,1-3H3,(H2,18,19,23)/p+1. The van der Waals surface area contributed by atoms with E-state index >= 15 is 0 Å². The summed E-state index contributed by atoms with van der Waals surface area (Å²) in [5, 5.41) is 7.33. The molecule has 23 heavy (non-hydrogen) atoms. The molecule has 2 rings (SSSR count). The maximum Gasteiger partial charge on any atom is 0.171 e. The first-order chi connectivity index (χ1) is 11.2. The van der Waals surface area contributed by atoms with E-state index in [1.807, 2.05) is 18.2 Å². The molecule has 0 aromatic heterocycles. The van der Waals surface area contributed by atoms with Crippen molar-refractivity contribution in [2.75, 3.05) is 39.2 Å². The molecule has 6 heteroatoms. The number of thiocarbonyl (C=S) groups is 1. The third kappa shape index (κ3) is 5.25. The number of ether oxygens (including phenoxy) is 2. The monoisotopic (exact) mass is 338 g/mol. The molecule has 1 heterocycles. The zero-order valence-corrected chi connectivity index (χ0v) is 15.1. The van der Waals surface area contributed by atoms with Gasteiger partial charge in [0.1, 0.15) is 0 Å². The van der Waals surface area contributed by atoms with E-state index in [0.717, 1.165) is 5.69 Å². The lowest BCUT2D eigenvalue weighted by molar-refractivity contribution is -0.905. The molecule has 0 aliphatic carbocycles. The Morgan fingerprint density at radius 2 is 1.91 bits per heavy atom. The molecular formula is C17H28N3O2S+. The smallest absolute Gasteiger partial charge is 0.171 e. The molecule has 0 radical (unpaired) electrons. The molecule has 0 saturated carbocycles. The van der Waals surface area contributed by atoms with Gasteiger partial charge in [-0.15, -0.1) is 0 Å². The summed E-state index contributed by atoms with van der Waals surface area (Å²) in [6, 6.07) is 6.16. The molecule has 1 aromatic carbocycles. The number of hydrogen-bond acceptors (Lipinski definition) is 3. The highest BCUT2D eigenvalue weighted by Crippen LogP contribution is 2.29. The molecule has 0 amide bonds. The lowest BCUT2D eigenvalue weighted by Crippen LogP contribution is -3.13. The first kappa shape index (κ1) is 17.8. The Hall–Kier alpha value is -1.53. The van der Waals surface area contributed by atoms with Crippen LogP contribution in [0.25, 0.3) is 0 Å². The Balaban J connectivity index is 1.83. The summed E-state index contributed by atoms with van der Waals surface area (Å²) in [6.45, 7) is 5.98. The number of piperidine rings is 1. The second kappa shape index (κ2) is 8.93. The van der Waals surface area contributed by atoms with Gasteiger partial charge in [0.05, 0.1) is 33.9 Å². The van der Waals surface area contributed by atoms with Crippen molar-refractivity contribution in [3.8, 4) is 11.5 Å². The van der Waals surface area contributed by atoms with Gasteiger partial charge < -0.3 is 25.0 Å². The Morgan fingerprint density at radius 3 is 2.52 bits per heavy atom. The van der Waals surface area contributed by atoms with Crippen LogP contribution in [0.3, 0.4) is 0 Å². The summed E-state index contributed by atoms with van der Waals surface area (Å²) in [5.41, 5.74) is 0.897. The predicted molar refractivity (Wildman–Crippen MR) is 97.8 cm³/mol. The molecule has 1 aliphatic rings. The molecule has 5 nitrogen and oxygen atoms in total. The molecule has 1 fully saturated rings. The number of quaternary nitrogens is 1. The number of nitrogens with one attached hydrogen (secondary N) is 3. The van der Waals surface area contributed by atoms with Gasteiger partial charge in [-0.3, -0.25) is 0 Å². The van der Waals surface area contributed by atoms with Crippen LogP contribution in [0.4, 0.5) is 5.69 Å². The SMILES string of the molecule is CCC[NH+]1CCC(NC(=S)Nc2ccc(OC)c(OC)c2)CC1. The van der Waals surface area contributed by atoms with Gasteiger partial charge in [-0.25, -0.2) is 0 Å². The molecule has 0 unspecified atom stereocenters. The topological polar surface area (TPSA) is 47.0 Å². The highest BCUT2D eigenvalue weighted by Gasteiger charge is 2.21. The summed E-state index contributed by atoms with van der Waals surface area (Å²) in [7, 11) is 3.26. The van der Waals surface area contributed by atoms with E-state index in [2.05, 4.69) is 17.6 Å². The van der Waals surface area contributed by atoms with Crippen molar-refractivity contribution in [1.29, 1.82) is 0 Å². The van der Waals surface area contributed by atoms with Crippen LogP contribution in [0.15, 0.2) is 18.2 Å². The second-order valence-electron chi connectivity index (χ2n) is 5.94.